The zero-order chi connectivity index (χ0) is 21.3. The van der Waals surface area contributed by atoms with Crippen molar-refractivity contribution in [3.8, 4) is 0 Å². The SMILES string of the molecule is Cc1nc(N[C@@H](C)c2ccc(C(=O)O/N=C(\N)C3CC3)cc2)c2ccc(F)cc2n1. The van der Waals surface area contributed by atoms with Gasteiger partial charge in [-0.25, -0.2) is 19.2 Å². The number of nitrogens with two attached hydrogens (primary N) is 1. The van der Waals surface area contributed by atoms with Crippen molar-refractivity contribution in [1.29, 1.82) is 0 Å². The Labute approximate surface area is 173 Å². The highest BCUT2D eigenvalue weighted by atomic mass is 19.1. The number of anilines is 1. The van der Waals surface area contributed by atoms with E-state index in [1.165, 1.54) is 12.1 Å². The molecule has 3 N–H and O–H groups in total. The monoisotopic (exact) mass is 407 g/mol. The fourth-order valence-electron chi connectivity index (χ4n) is 3.13. The molecule has 0 aliphatic heterocycles. The lowest BCUT2D eigenvalue weighted by molar-refractivity contribution is 0.0514. The Morgan fingerprint density at radius 2 is 1.97 bits per heavy atom. The first-order chi connectivity index (χ1) is 14.4. The van der Waals surface area contributed by atoms with Gasteiger partial charge in [-0.2, -0.15) is 0 Å². The lowest BCUT2D eigenvalue weighted by Gasteiger charge is -2.17. The summed E-state index contributed by atoms with van der Waals surface area (Å²) in [7, 11) is 0. The Hall–Kier alpha value is -3.55. The van der Waals surface area contributed by atoms with E-state index in [1.54, 1.807) is 25.1 Å². The maximum absolute atomic E-state index is 13.5. The second-order valence-electron chi connectivity index (χ2n) is 7.44. The van der Waals surface area contributed by atoms with Gasteiger partial charge < -0.3 is 15.9 Å². The van der Waals surface area contributed by atoms with Gasteiger partial charge in [-0.15, -0.1) is 0 Å². The summed E-state index contributed by atoms with van der Waals surface area (Å²) in [5.74, 6) is 0.885. The summed E-state index contributed by atoms with van der Waals surface area (Å²) in [6.07, 6.45) is 1.98. The number of hydrogen-bond acceptors (Lipinski definition) is 6. The molecular formula is C22H22FN5O2. The number of carbonyl (C=O) groups is 1. The van der Waals surface area contributed by atoms with Gasteiger partial charge in [0, 0.05) is 23.4 Å². The van der Waals surface area contributed by atoms with Gasteiger partial charge in [-0.05, 0) is 56.5 Å². The molecule has 0 saturated heterocycles. The van der Waals surface area contributed by atoms with E-state index in [1.807, 2.05) is 19.1 Å². The summed E-state index contributed by atoms with van der Waals surface area (Å²) in [5.41, 5.74) is 7.61. The van der Waals surface area contributed by atoms with Crippen LogP contribution < -0.4 is 11.1 Å². The van der Waals surface area contributed by atoms with Crippen LogP contribution in [0.4, 0.5) is 10.2 Å². The van der Waals surface area contributed by atoms with Gasteiger partial charge in [0.25, 0.3) is 0 Å². The van der Waals surface area contributed by atoms with Gasteiger partial charge in [0.15, 0.2) is 0 Å². The van der Waals surface area contributed by atoms with Crippen LogP contribution in [0.15, 0.2) is 47.6 Å². The fraction of sp³-hybridized carbons (Fsp3) is 0.273. The van der Waals surface area contributed by atoms with Crippen LogP contribution in [0.3, 0.4) is 0 Å². The zero-order valence-electron chi connectivity index (χ0n) is 16.7. The molecule has 2 aromatic carbocycles. The van der Waals surface area contributed by atoms with E-state index < -0.39 is 5.97 Å². The van der Waals surface area contributed by atoms with Crippen molar-refractivity contribution >= 4 is 28.5 Å². The van der Waals surface area contributed by atoms with E-state index in [9.17, 15) is 9.18 Å². The van der Waals surface area contributed by atoms with Crippen molar-refractivity contribution in [2.45, 2.75) is 32.7 Å². The molecule has 0 amide bonds. The topological polar surface area (TPSA) is 102 Å². The number of nitrogens with zero attached hydrogens (tertiary/aromatic N) is 3. The Balaban J connectivity index is 1.48. The molecule has 0 radical (unpaired) electrons. The van der Waals surface area contributed by atoms with Crippen molar-refractivity contribution in [1.82, 2.24) is 9.97 Å². The number of aromatic nitrogens is 2. The molecule has 7 nitrogen and oxygen atoms in total. The predicted molar refractivity (Wildman–Crippen MR) is 112 cm³/mol. The number of halogens is 1. The predicted octanol–water partition coefficient (Wildman–Crippen LogP) is 4.09. The van der Waals surface area contributed by atoms with Crippen LogP contribution in [0.5, 0.6) is 0 Å². The molecule has 1 heterocycles. The molecule has 1 aliphatic carbocycles. The van der Waals surface area contributed by atoms with Gasteiger partial charge in [0.2, 0.25) is 0 Å². The highest BCUT2D eigenvalue weighted by Crippen LogP contribution is 2.29. The van der Waals surface area contributed by atoms with Crippen molar-refractivity contribution < 1.29 is 14.0 Å². The van der Waals surface area contributed by atoms with Crippen molar-refractivity contribution in [2.75, 3.05) is 5.32 Å². The molecule has 154 valence electrons. The van der Waals surface area contributed by atoms with Crippen molar-refractivity contribution in [3.63, 3.8) is 0 Å². The lowest BCUT2D eigenvalue weighted by Crippen LogP contribution is -2.15. The zero-order valence-corrected chi connectivity index (χ0v) is 16.7. The fourth-order valence-corrected chi connectivity index (χ4v) is 3.13. The molecule has 30 heavy (non-hydrogen) atoms. The number of fused-ring (bicyclic) bond motifs is 1. The van der Waals surface area contributed by atoms with E-state index in [0.29, 0.717) is 28.6 Å². The van der Waals surface area contributed by atoms with E-state index in [4.69, 9.17) is 10.6 Å². The average Bonchev–Trinajstić information content (AvgIpc) is 3.57. The summed E-state index contributed by atoms with van der Waals surface area (Å²) in [5, 5.41) is 7.79. The number of hydrogen-bond donors (Lipinski definition) is 2. The first-order valence-corrected chi connectivity index (χ1v) is 9.76. The smallest absolute Gasteiger partial charge is 0.365 e. The van der Waals surface area contributed by atoms with Crippen LogP contribution in [0, 0.1) is 18.7 Å². The van der Waals surface area contributed by atoms with Crippen molar-refractivity contribution in [3.05, 3.63) is 65.2 Å². The minimum atomic E-state index is -0.551. The lowest BCUT2D eigenvalue weighted by atomic mass is 10.1. The number of amidine groups is 1. The number of aryl methyl sites for hydroxylation is 1. The van der Waals surface area contributed by atoms with Gasteiger partial charge in [0.05, 0.1) is 11.1 Å². The summed E-state index contributed by atoms with van der Waals surface area (Å²) < 4.78 is 13.5. The minimum absolute atomic E-state index is 0.110. The summed E-state index contributed by atoms with van der Waals surface area (Å²) in [6, 6.07) is 11.3. The number of oxime groups is 1. The molecule has 1 fully saturated rings. The van der Waals surface area contributed by atoms with E-state index >= 15 is 0 Å². The normalized spacial score (nSPS) is 15.1. The molecule has 0 spiro atoms. The standard InChI is InChI=1S/C22H22FN5O2/c1-12(25-21-18-10-9-17(23)11-19(18)26-13(2)27-21)14-3-7-16(8-4-14)22(29)30-28-20(24)15-5-6-15/h3-4,7-12,15H,5-6H2,1-2H3,(H2,24,28)(H,25,26,27)/t12-/m0/s1. The third-order valence-corrected chi connectivity index (χ3v) is 5.00. The molecule has 0 bridgehead atoms. The van der Waals surface area contributed by atoms with Crippen LogP contribution in [-0.4, -0.2) is 21.8 Å². The van der Waals surface area contributed by atoms with Gasteiger partial charge in [-0.3, -0.25) is 0 Å². The highest BCUT2D eigenvalue weighted by Gasteiger charge is 2.26. The maximum Gasteiger partial charge on any atom is 0.365 e. The number of nitrogens with one attached hydrogen (secondary N) is 1. The Morgan fingerprint density at radius 1 is 1.23 bits per heavy atom. The minimum Gasteiger partial charge on any atom is -0.384 e. The van der Waals surface area contributed by atoms with E-state index in [2.05, 4.69) is 20.4 Å². The van der Waals surface area contributed by atoms with Crippen LogP contribution in [0.2, 0.25) is 0 Å². The molecule has 1 atom stereocenters. The third kappa shape index (κ3) is 4.37. The highest BCUT2D eigenvalue weighted by molar-refractivity contribution is 5.91. The van der Waals surface area contributed by atoms with Crippen LogP contribution in [0.25, 0.3) is 10.9 Å². The number of benzene rings is 2. The molecular weight excluding hydrogens is 385 g/mol. The second kappa shape index (κ2) is 8.06. The van der Waals surface area contributed by atoms with E-state index in [0.717, 1.165) is 23.8 Å². The number of rotatable bonds is 6. The van der Waals surface area contributed by atoms with E-state index in [-0.39, 0.29) is 17.8 Å². The molecule has 1 saturated carbocycles. The Bertz CT molecular complexity index is 1120. The van der Waals surface area contributed by atoms with Crippen LogP contribution in [-0.2, 0) is 4.84 Å². The first kappa shape index (κ1) is 19.8. The Morgan fingerprint density at radius 3 is 2.67 bits per heavy atom. The first-order valence-electron chi connectivity index (χ1n) is 9.76. The molecule has 4 rings (SSSR count). The third-order valence-electron chi connectivity index (χ3n) is 5.00. The summed E-state index contributed by atoms with van der Waals surface area (Å²) in [6.45, 7) is 3.74. The quantitative estimate of drug-likeness (QED) is 0.276. The number of carbonyl (C=O) groups excluding carboxylic acids is 1. The summed E-state index contributed by atoms with van der Waals surface area (Å²) in [4.78, 5) is 25.8. The van der Waals surface area contributed by atoms with Gasteiger partial charge in [-0.1, -0.05) is 17.3 Å². The summed E-state index contributed by atoms with van der Waals surface area (Å²) >= 11 is 0. The molecule has 1 aromatic heterocycles. The molecule has 0 unspecified atom stereocenters. The van der Waals surface area contributed by atoms with Crippen LogP contribution in [0.1, 0.15) is 47.6 Å². The van der Waals surface area contributed by atoms with Crippen molar-refractivity contribution in [2.24, 2.45) is 16.8 Å². The molecule has 8 heteroatoms. The van der Waals surface area contributed by atoms with Gasteiger partial charge in [0.1, 0.15) is 23.3 Å². The molecule has 3 aromatic rings. The Kier molecular flexibility index (Phi) is 5.31. The molecule has 1 aliphatic rings. The van der Waals surface area contributed by atoms with Crippen LogP contribution >= 0.6 is 0 Å². The second-order valence-corrected chi connectivity index (χ2v) is 7.44. The maximum atomic E-state index is 13.5. The average molecular weight is 407 g/mol. The largest absolute Gasteiger partial charge is 0.384 e. The van der Waals surface area contributed by atoms with Gasteiger partial charge >= 0.3 is 5.97 Å².